The summed E-state index contributed by atoms with van der Waals surface area (Å²) in [6.07, 6.45) is 3.02. The molecule has 0 N–H and O–H groups in total. The summed E-state index contributed by atoms with van der Waals surface area (Å²) >= 11 is 0. The summed E-state index contributed by atoms with van der Waals surface area (Å²) in [6, 6.07) is 8.26. The molecule has 0 fully saturated rings. The van der Waals surface area contributed by atoms with E-state index in [2.05, 4.69) is 32.2 Å². The third-order valence-electron chi connectivity index (χ3n) is 4.59. The van der Waals surface area contributed by atoms with Gasteiger partial charge in [0.15, 0.2) is 11.2 Å². The standard InChI is InChI=1S/C17H15N7O2/c1-22-9-18-15-14(22)16(25)24(10-19-15)8-13-20-17(21-26-13)23-6-11-4-2-3-5-12(11)7-23/h2-5,9-10H,6-8H2,1H3. The summed E-state index contributed by atoms with van der Waals surface area (Å²) in [7, 11) is 1.76. The predicted octanol–water partition coefficient (Wildman–Crippen LogP) is 1.08. The zero-order chi connectivity index (χ0) is 17.7. The lowest BCUT2D eigenvalue weighted by Gasteiger charge is -2.10. The van der Waals surface area contributed by atoms with Gasteiger partial charge in [0.2, 0.25) is 5.89 Å². The van der Waals surface area contributed by atoms with E-state index in [0.717, 1.165) is 13.1 Å². The van der Waals surface area contributed by atoms with E-state index in [1.807, 2.05) is 17.0 Å². The Kier molecular flexibility index (Phi) is 3.14. The molecule has 0 spiro atoms. The molecule has 130 valence electrons. The Bertz CT molecular complexity index is 1150. The number of nitrogens with zero attached hydrogens (tertiary/aromatic N) is 7. The summed E-state index contributed by atoms with van der Waals surface area (Å²) in [5, 5.41) is 4.06. The number of aryl methyl sites for hydroxylation is 1. The van der Waals surface area contributed by atoms with E-state index in [-0.39, 0.29) is 12.1 Å². The van der Waals surface area contributed by atoms with E-state index in [0.29, 0.717) is 23.0 Å². The maximum atomic E-state index is 12.6. The highest BCUT2D eigenvalue weighted by Gasteiger charge is 2.23. The van der Waals surface area contributed by atoms with E-state index in [1.54, 1.807) is 17.9 Å². The van der Waals surface area contributed by atoms with Crippen LogP contribution in [0, 0.1) is 0 Å². The predicted molar refractivity (Wildman–Crippen MR) is 92.5 cm³/mol. The second-order valence-corrected chi connectivity index (χ2v) is 6.32. The van der Waals surface area contributed by atoms with Crippen molar-refractivity contribution in [1.82, 2.24) is 29.2 Å². The second kappa shape index (κ2) is 5.51. The van der Waals surface area contributed by atoms with E-state index in [4.69, 9.17) is 4.52 Å². The first-order valence-electron chi connectivity index (χ1n) is 8.20. The van der Waals surface area contributed by atoms with Crippen LogP contribution < -0.4 is 10.5 Å². The van der Waals surface area contributed by atoms with E-state index in [9.17, 15) is 4.79 Å². The van der Waals surface area contributed by atoms with Crippen LogP contribution >= 0.6 is 0 Å². The number of benzene rings is 1. The highest BCUT2D eigenvalue weighted by atomic mass is 16.5. The molecule has 4 aromatic rings. The van der Waals surface area contributed by atoms with Gasteiger partial charge in [-0.05, 0) is 16.3 Å². The molecule has 0 amide bonds. The highest BCUT2D eigenvalue weighted by Crippen LogP contribution is 2.25. The van der Waals surface area contributed by atoms with Crippen LogP contribution in [-0.2, 0) is 26.7 Å². The number of aromatic nitrogens is 6. The monoisotopic (exact) mass is 349 g/mol. The van der Waals surface area contributed by atoms with Crippen LogP contribution in [0.1, 0.15) is 17.0 Å². The molecule has 4 heterocycles. The molecule has 0 radical (unpaired) electrons. The number of hydrogen-bond acceptors (Lipinski definition) is 7. The number of rotatable bonds is 3. The molecule has 0 atom stereocenters. The van der Waals surface area contributed by atoms with E-state index >= 15 is 0 Å². The van der Waals surface area contributed by atoms with Gasteiger partial charge in [0.25, 0.3) is 11.5 Å². The van der Waals surface area contributed by atoms with Crippen LogP contribution in [0.5, 0.6) is 0 Å². The summed E-state index contributed by atoms with van der Waals surface area (Å²) in [5.74, 6) is 0.889. The second-order valence-electron chi connectivity index (χ2n) is 6.32. The van der Waals surface area contributed by atoms with Crippen molar-refractivity contribution < 1.29 is 4.52 Å². The Hall–Kier alpha value is -3.49. The minimum absolute atomic E-state index is 0.167. The Labute approximate surface area is 147 Å². The van der Waals surface area contributed by atoms with Crippen LogP contribution in [0.25, 0.3) is 11.2 Å². The van der Waals surface area contributed by atoms with Crippen LogP contribution in [0.4, 0.5) is 5.95 Å². The fraction of sp³-hybridized carbons (Fsp3) is 0.235. The molecular weight excluding hydrogens is 334 g/mol. The smallest absolute Gasteiger partial charge is 0.280 e. The molecule has 9 heteroatoms. The Balaban J connectivity index is 1.41. The van der Waals surface area contributed by atoms with Crippen molar-refractivity contribution >= 4 is 17.1 Å². The van der Waals surface area contributed by atoms with Gasteiger partial charge in [0.1, 0.15) is 12.9 Å². The van der Waals surface area contributed by atoms with Crippen molar-refractivity contribution in [3.8, 4) is 0 Å². The Morgan fingerprint density at radius 3 is 2.62 bits per heavy atom. The third kappa shape index (κ3) is 2.28. The van der Waals surface area contributed by atoms with Gasteiger partial charge >= 0.3 is 0 Å². The summed E-state index contributed by atoms with van der Waals surface area (Å²) in [6.45, 7) is 1.66. The van der Waals surface area contributed by atoms with Gasteiger partial charge in [-0.3, -0.25) is 9.36 Å². The normalized spacial score (nSPS) is 13.5. The first-order chi connectivity index (χ1) is 12.7. The average molecular weight is 349 g/mol. The lowest BCUT2D eigenvalue weighted by Crippen LogP contribution is -2.22. The molecule has 1 aromatic carbocycles. The van der Waals surface area contributed by atoms with Crippen molar-refractivity contribution in [1.29, 1.82) is 0 Å². The molecule has 3 aromatic heterocycles. The number of fused-ring (bicyclic) bond motifs is 2. The van der Waals surface area contributed by atoms with E-state index in [1.165, 1.54) is 22.0 Å². The summed E-state index contributed by atoms with van der Waals surface area (Å²) < 4.78 is 8.45. The quantitative estimate of drug-likeness (QED) is 0.546. The van der Waals surface area contributed by atoms with Gasteiger partial charge in [0.05, 0.1) is 6.33 Å². The minimum Gasteiger partial charge on any atom is -0.335 e. The van der Waals surface area contributed by atoms with Crippen molar-refractivity contribution in [2.75, 3.05) is 4.90 Å². The molecular formula is C17H15N7O2. The molecule has 1 aliphatic rings. The molecule has 1 aliphatic heterocycles. The molecule has 26 heavy (non-hydrogen) atoms. The van der Waals surface area contributed by atoms with Crippen LogP contribution in [-0.4, -0.2) is 29.2 Å². The highest BCUT2D eigenvalue weighted by molar-refractivity contribution is 5.68. The van der Waals surface area contributed by atoms with Crippen molar-refractivity contribution in [3.05, 3.63) is 64.3 Å². The summed E-state index contributed by atoms with van der Waals surface area (Å²) in [5.41, 5.74) is 3.21. The van der Waals surface area contributed by atoms with E-state index < -0.39 is 0 Å². The SMILES string of the molecule is Cn1cnc2ncn(Cc3nc(N4Cc5ccccc5C4)no3)c(=O)c21. The first kappa shape index (κ1) is 14.8. The largest absolute Gasteiger partial charge is 0.335 e. The maximum absolute atomic E-state index is 12.6. The number of hydrogen-bond donors (Lipinski definition) is 0. The zero-order valence-corrected chi connectivity index (χ0v) is 14.0. The van der Waals surface area contributed by atoms with Crippen molar-refractivity contribution in [2.45, 2.75) is 19.6 Å². The molecule has 0 bridgehead atoms. The van der Waals surface area contributed by atoms with Gasteiger partial charge < -0.3 is 14.0 Å². The van der Waals surface area contributed by atoms with Gasteiger partial charge in [0, 0.05) is 20.1 Å². The molecule has 0 saturated carbocycles. The Morgan fingerprint density at radius 2 is 1.85 bits per heavy atom. The molecule has 5 rings (SSSR count). The minimum atomic E-state index is -0.191. The fourth-order valence-electron chi connectivity index (χ4n) is 3.24. The van der Waals surface area contributed by atoms with Crippen LogP contribution in [0.3, 0.4) is 0 Å². The van der Waals surface area contributed by atoms with Gasteiger partial charge in [-0.1, -0.05) is 24.3 Å². The fourth-order valence-corrected chi connectivity index (χ4v) is 3.24. The van der Waals surface area contributed by atoms with Crippen molar-refractivity contribution in [2.24, 2.45) is 7.05 Å². The number of anilines is 1. The molecule has 0 unspecified atom stereocenters. The lowest BCUT2D eigenvalue weighted by atomic mass is 10.1. The van der Waals surface area contributed by atoms with Crippen LogP contribution in [0.15, 0.2) is 46.2 Å². The Morgan fingerprint density at radius 1 is 1.12 bits per heavy atom. The molecule has 9 nitrogen and oxygen atoms in total. The van der Waals surface area contributed by atoms with Crippen molar-refractivity contribution in [3.63, 3.8) is 0 Å². The van der Waals surface area contributed by atoms with Gasteiger partial charge in [-0.25, -0.2) is 9.97 Å². The molecule has 0 aliphatic carbocycles. The number of imidazole rings is 1. The topological polar surface area (TPSA) is 94.9 Å². The molecule has 0 saturated heterocycles. The third-order valence-corrected chi connectivity index (χ3v) is 4.59. The maximum Gasteiger partial charge on any atom is 0.280 e. The van der Waals surface area contributed by atoms with Crippen LogP contribution in [0.2, 0.25) is 0 Å². The summed E-state index contributed by atoms with van der Waals surface area (Å²) in [4.78, 5) is 27.4. The average Bonchev–Trinajstić information content (AvgIpc) is 3.35. The van der Waals surface area contributed by atoms with Gasteiger partial charge in [-0.2, -0.15) is 4.98 Å². The lowest BCUT2D eigenvalue weighted by molar-refractivity contribution is 0.368. The zero-order valence-electron chi connectivity index (χ0n) is 14.0. The van der Waals surface area contributed by atoms with Gasteiger partial charge in [-0.15, -0.1) is 0 Å². The first-order valence-corrected chi connectivity index (χ1v) is 8.20.